The highest BCUT2D eigenvalue weighted by Crippen LogP contribution is 2.41. The van der Waals surface area contributed by atoms with Gasteiger partial charge in [-0.15, -0.1) is 0 Å². The van der Waals surface area contributed by atoms with Crippen LogP contribution in [0.15, 0.2) is 0 Å². The molecule has 10 heterocycles. The Balaban J connectivity index is 1.00. The van der Waals surface area contributed by atoms with Crippen molar-refractivity contribution in [2.24, 2.45) is 0 Å². The van der Waals surface area contributed by atoms with Gasteiger partial charge >= 0.3 is 0 Å². The molecular weight excluding hydrogens is 1670 g/mol. The van der Waals surface area contributed by atoms with E-state index in [1.165, 1.54) is 6.92 Å². The van der Waals surface area contributed by atoms with Gasteiger partial charge in [0.1, 0.15) is 238 Å². The van der Waals surface area contributed by atoms with E-state index < -0.39 is 390 Å². The van der Waals surface area contributed by atoms with Gasteiger partial charge in [-0.1, -0.05) is 0 Å². The normalized spacial score (nSPS) is 49.7. The number of aliphatic hydroxyl groups excluding tert-OH is 27. The maximum atomic E-state index is 13.3. The van der Waals surface area contributed by atoms with E-state index in [1.807, 2.05) is 0 Å². The third-order valence-corrected chi connectivity index (χ3v) is 22.4. The summed E-state index contributed by atoms with van der Waals surface area (Å²) in [7, 11) is 0. The minimum atomic E-state index is -2.64. The molecule has 54 nitrogen and oxygen atoms in total. The van der Waals surface area contributed by atoms with Gasteiger partial charge in [0.05, 0.1) is 65.6 Å². The minimum absolute atomic E-state index is 0.848. The Bertz CT molecular complexity index is 3290. The molecule has 10 saturated heterocycles. The number of ether oxygens (including phenoxy) is 19. The summed E-state index contributed by atoms with van der Waals surface area (Å²) < 4.78 is 113. The number of aliphatic hydroxyl groups is 27. The van der Waals surface area contributed by atoms with Gasteiger partial charge in [0.2, 0.25) is 23.6 Å². The fraction of sp³-hybridized carbons (Fsp3) is 0.941. The predicted octanol–water partition coefficient (Wildman–Crippen LogP) is -21.2. The molecule has 0 radical (unpaired) electrons. The topological polar surface area (TPSA) is 838 Å². The number of rotatable bonds is 31. The highest BCUT2D eigenvalue weighted by molar-refractivity contribution is 5.74. The number of carbonyl (C=O) groups excluding carboxylic acids is 4. The van der Waals surface area contributed by atoms with Gasteiger partial charge in [-0.3, -0.25) is 19.2 Å². The lowest BCUT2D eigenvalue weighted by molar-refractivity contribution is -0.399. The van der Waals surface area contributed by atoms with E-state index in [0.717, 1.165) is 27.7 Å². The van der Waals surface area contributed by atoms with Crippen molar-refractivity contribution in [3.63, 3.8) is 0 Å². The lowest BCUT2D eigenvalue weighted by atomic mass is 9.93. The summed E-state index contributed by atoms with van der Waals surface area (Å²) in [6.45, 7) is -4.95. The maximum absolute atomic E-state index is 13.3. The first kappa shape index (κ1) is 100. The third-order valence-electron chi connectivity index (χ3n) is 22.4. The van der Waals surface area contributed by atoms with Crippen molar-refractivity contribution in [3.05, 3.63) is 0 Å². The fourth-order valence-corrected chi connectivity index (χ4v) is 15.8. The molecule has 10 aliphatic rings. The molecule has 122 heavy (non-hydrogen) atoms. The molecule has 10 fully saturated rings. The molecule has 0 saturated carbocycles. The van der Waals surface area contributed by atoms with Crippen LogP contribution in [0.1, 0.15) is 34.6 Å². The molecule has 0 spiro atoms. The Morgan fingerprint density at radius 2 is 0.516 bits per heavy atom. The molecule has 0 aromatic carbocycles. The number of hydrogen-bond donors (Lipinski definition) is 31. The zero-order valence-electron chi connectivity index (χ0n) is 65.7. The lowest BCUT2D eigenvalue weighted by Gasteiger charge is -2.51. The first-order valence-corrected chi connectivity index (χ1v) is 39.0. The monoisotopic (exact) mass is 1790 g/mol. The second-order valence-corrected chi connectivity index (χ2v) is 31.0. The number of hydrogen-bond acceptors (Lipinski definition) is 50. The van der Waals surface area contributed by atoms with Gasteiger partial charge in [0.15, 0.2) is 62.9 Å². The van der Waals surface area contributed by atoms with Gasteiger partial charge in [-0.2, -0.15) is 0 Å². The Labute approximate surface area is 691 Å². The SMILES string of the molecule is CC(=O)N[C@H]1[C@H](O[C@H]2[C@H](O)[C@@H](NC(C)=O)C(O)O[C@@H]2CO[C@@H]2O[C@@H](C)[C@@H](O)[C@@H](O)[C@@H]2O)O[C@H](CO)[C@@H](O[C@@H]2O[C@H](CO[C@H]3O[C@H](CO)[C@@H](O)[C@H](O)[C@@H]3O[C@@H]3O[C@H](CO)[C@@H](O)[C@H](O[C@@H]4O[C@H](CO)[C@H](O)[C@H](O)[C@H]4O)[C@H]3NC(C)=O)[C@@H](O)[C@H](O[C@H]3O[C@H](CO)[C@@H](O)[C@H](O)[C@@H]3O[C@@H]3O[C@H](CO)[C@@H](O)[C@H](O[C@@H]4O[C@H](CO)[C@H](O)[C@H](O)[C@H]4O)[C@H]3NC(C)=O)[C@@H]2O)[C@@H]1O. The molecule has 0 aromatic rings. The zero-order valence-corrected chi connectivity index (χ0v) is 65.7. The molecule has 31 N–H and O–H groups in total. The fourth-order valence-electron chi connectivity index (χ4n) is 15.8. The van der Waals surface area contributed by atoms with Gasteiger partial charge in [-0.25, -0.2) is 0 Å². The quantitative estimate of drug-likeness (QED) is 0.0306. The van der Waals surface area contributed by atoms with Crippen LogP contribution in [0, 0.1) is 0 Å². The molecule has 10 rings (SSSR count). The summed E-state index contributed by atoms with van der Waals surface area (Å²) in [5, 5.41) is 311. The van der Waals surface area contributed by atoms with Crippen LogP contribution in [0.25, 0.3) is 0 Å². The van der Waals surface area contributed by atoms with E-state index in [1.54, 1.807) is 0 Å². The summed E-state index contributed by atoms with van der Waals surface area (Å²) >= 11 is 0. The van der Waals surface area contributed by atoms with Crippen LogP contribution < -0.4 is 21.3 Å². The minimum Gasteiger partial charge on any atom is -0.394 e. The average Bonchev–Trinajstić information content (AvgIpc) is 0.806. The molecule has 1 unspecified atom stereocenters. The van der Waals surface area contributed by atoms with Crippen LogP contribution >= 0.6 is 0 Å². The molecular formula is C68H114N4O50. The van der Waals surface area contributed by atoms with Gasteiger partial charge < -0.3 is 249 Å². The molecule has 54 heteroatoms. The standard InChI is InChI=1S/C68H114N4O50/c1-15-33(84)43(94)48(99)63(106-15)104-14-28-53(41(92)29(59(103)107-28)69-16(2)80)116-60-30(70-17(3)81)42(93)52(26(12-79)114-60)117-66-51(102)56(120-68-58(47(98)37(88)23(9-76)113-68)122-62-32(72-19(5)83)55(39(90)25(11-78)109-62)119-65-50(101)45(96)35(86)21(7-74)111-65)40(91)27(115-66)13-105-67-57(46(97)36(87)22(8-75)112-67)121-61-31(71-18(4)82)54(38(89)24(10-77)108-61)118-64-49(100)44(95)34(85)20(6-73)110-64/h15,20-68,73-79,84-103H,6-14H2,1-5H3,(H,69,80)(H,70,81)(H,71,82)(H,72,83)/t15-,20+,21+,22+,23+,24+,25+,26+,27+,28+,29+,30+,31+,32+,33+,34-,35-,36+,37+,38+,39+,40+,41+,42+,43+,44-,45-,46-,47-,48-,49+,50+,51-,52+,53+,54+,55+,56-,57-,58-,59?,60-,61-,62-,63+,64-,65-,66-,67-,68+/m0/s1. The summed E-state index contributed by atoms with van der Waals surface area (Å²) in [6.07, 6.45) is -96.2. The Morgan fingerprint density at radius 1 is 0.230 bits per heavy atom. The molecule has 50 atom stereocenters. The molecule has 0 bridgehead atoms. The van der Waals surface area contributed by atoms with Gasteiger partial charge in [0, 0.05) is 27.7 Å². The van der Waals surface area contributed by atoms with E-state index in [4.69, 9.17) is 90.0 Å². The molecule has 4 amide bonds. The first-order chi connectivity index (χ1) is 57.7. The van der Waals surface area contributed by atoms with E-state index in [0.29, 0.717) is 0 Å². The smallest absolute Gasteiger partial charge is 0.217 e. The molecule has 706 valence electrons. The maximum Gasteiger partial charge on any atom is 0.217 e. The largest absolute Gasteiger partial charge is 0.394 e. The van der Waals surface area contributed by atoms with Crippen LogP contribution in [0.5, 0.6) is 0 Å². The van der Waals surface area contributed by atoms with Crippen molar-refractivity contribution < 1.29 is 247 Å². The van der Waals surface area contributed by atoms with E-state index in [-0.39, 0.29) is 0 Å². The Hall–Kier alpha value is -3.96. The summed E-state index contributed by atoms with van der Waals surface area (Å²) in [4.78, 5) is 51.9. The second-order valence-electron chi connectivity index (χ2n) is 31.0. The summed E-state index contributed by atoms with van der Waals surface area (Å²) in [5.74, 6) is -3.79. The highest BCUT2D eigenvalue weighted by Gasteiger charge is 2.62. The molecule has 0 aliphatic carbocycles. The Morgan fingerprint density at radius 3 is 0.975 bits per heavy atom. The molecule has 10 aliphatic heterocycles. The van der Waals surface area contributed by atoms with Crippen LogP contribution in [0.4, 0.5) is 0 Å². The highest BCUT2D eigenvalue weighted by atomic mass is 16.8. The van der Waals surface area contributed by atoms with Crippen LogP contribution in [0.3, 0.4) is 0 Å². The van der Waals surface area contributed by atoms with Crippen molar-refractivity contribution in [1.29, 1.82) is 0 Å². The first-order valence-electron chi connectivity index (χ1n) is 39.0. The van der Waals surface area contributed by atoms with E-state index >= 15 is 0 Å². The predicted molar refractivity (Wildman–Crippen MR) is 375 cm³/mol. The van der Waals surface area contributed by atoms with Gasteiger partial charge in [0.25, 0.3) is 0 Å². The number of carbonyl (C=O) groups is 4. The van der Waals surface area contributed by atoms with Crippen molar-refractivity contribution in [2.45, 2.75) is 341 Å². The lowest BCUT2D eigenvalue weighted by Crippen LogP contribution is -2.71. The zero-order chi connectivity index (χ0) is 89.8. The van der Waals surface area contributed by atoms with Crippen molar-refractivity contribution >= 4 is 23.6 Å². The Kier molecular flexibility index (Phi) is 35.8. The number of nitrogens with one attached hydrogen (secondary N) is 4. The molecule has 0 aromatic heterocycles. The van der Waals surface area contributed by atoms with E-state index in [2.05, 4.69) is 21.3 Å². The van der Waals surface area contributed by atoms with Crippen molar-refractivity contribution in [1.82, 2.24) is 21.3 Å². The average molecular weight is 1790 g/mol. The third kappa shape index (κ3) is 22.0. The van der Waals surface area contributed by atoms with Crippen LogP contribution in [-0.2, 0) is 109 Å². The van der Waals surface area contributed by atoms with Crippen molar-refractivity contribution in [3.8, 4) is 0 Å². The van der Waals surface area contributed by atoms with Crippen LogP contribution in [-0.4, -0.2) is 528 Å². The summed E-state index contributed by atoms with van der Waals surface area (Å²) in [5.41, 5.74) is 0. The van der Waals surface area contributed by atoms with E-state index in [9.17, 15) is 157 Å². The van der Waals surface area contributed by atoms with Crippen LogP contribution in [0.2, 0.25) is 0 Å². The van der Waals surface area contributed by atoms with Gasteiger partial charge in [-0.05, 0) is 6.92 Å². The van der Waals surface area contributed by atoms with Crippen molar-refractivity contribution in [2.75, 3.05) is 59.5 Å². The second kappa shape index (κ2) is 43.6. The number of amides is 4. The summed E-state index contributed by atoms with van der Waals surface area (Å²) in [6, 6.07) is -7.69.